The zero-order chi connectivity index (χ0) is 33.5. The van der Waals surface area contributed by atoms with Crippen molar-refractivity contribution in [2.24, 2.45) is 22.2 Å². The first-order chi connectivity index (χ1) is 19.4. The van der Waals surface area contributed by atoms with Crippen LogP contribution in [0.25, 0.3) is 0 Å². The Morgan fingerprint density at radius 2 is 0.833 bits per heavy atom. The molecule has 4 unspecified atom stereocenters. The molecule has 248 valence electrons. The zero-order valence-electron chi connectivity index (χ0n) is 23.1. The molecule has 0 aliphatic heterocycles. The Morgan fingerprint density at radius 3 is 1.00 bits per heavy atom. The fourth-order valence-electron chi connectivity index (χ4n) is 4.54. The fourth-order valence-corrected chi connectivity index (χ4v) is 5.70. The zero-order valence-corrected chi connectivity index (χ0v) is 26.6. The molecule has 42 heavy (non-hydrogen) atoms. The van der Waals surface area contributed by atoms with Crippen LogP contribution in [0.4, 0.5) is 0 Å². The van der Waals surface area contributed by atoms with Gasteiger partial charge in [0.25, 0.3) is 0 Å². The van der Waals surface area contributed by atoms with Crippen molar-refractivity contribution in [2.75, 3.05) is 39.6 Å². The molecule has 0 spiro atoms. The molecule has 0 amide bonds. The second-order valence-electron chi connectivity index (χ2n) is 10.2. The number of rotatable bonds is 21. The first-order valence-electron chi connectivity index (χ1n) is 12.7. The molecule has 0 aromatic heterocycles. The lowest BCUT2D eigenvalue weighted by Gasteiger charge is -2.55. The standard InChI is InChI=1S/C18H30O11S4.C6H14O3/c19-5-17(6-20,7-21)18(3-11(32)15(26)27,4-12(33)16(28)29)8(1-9(30)13(22)23)2-10(31)14(24)25;1-2-6(3-7,4-8)5-9/h8-12,19-21,30-33H,1-7H2,(H,22,23)(H,24,25)(H,26,27)(H,28,29);7-9H,2-5H2,1H3. The quantitative estimate of drug-likeness (QED) is 0.0647. The molecule has 0 aliphatic rings. The second-order valence-corrected chi connectivity index (χ2v) is 12.7. The monoisotopic (exact) mass is 684 g/mol. The highest BCUT2D eigenvalue weighted by atomic mass is 32.1. The van der Waals surface area contributed by atoms with Gasteiger partial charge in [-0.3, -0.25) is 19.2 Å². The van der Waals surface area contributed by atoms with E-state index < -0.39 is 113 Å². The van der Waals surface area contributed by atoms with Gasteiger partial charge in [0, 0.05) is 10.8 Å². The summed E-state index contributed by atoms with van der Waals surface area (Å²) in [7, 11) is 0. The predicted molar refractivity (Wildman–Crippen MR) is 164 cm³/mol. The van der Waals surface area contributed by atoms with Crippen molar-refractivity contribution in [1.29, 1.82) is 0 Å². The Hall–Kier alpha value is -0.960. The van der Waals surface area contributed by atoms with Crippen LogP contribution in [0.5, 0.6) is 0 Å². The highest BCUT2D eigenvalue weighted by Gasteiger charge is 2.57. The molecule has 4 atom stereocenters. The van der Waals surface area contributed by atoms with E-state index in [-0.39, 0.29) is 19.8 Å². The van der Waals surface area contributed by atoms with Crippen molar-refractivity contribution in [3.05, 3.63) is 0 Å². The van der Waals surface area contributed by atoms with Gasteiger partial charge < -0.3 is 51.1 Å². The molecule has 0 rings (SSSR count). The molecule has 0 saturated heterocycles. The smallest absolute Gasteiger partial charge is 0.316 e. The number of carboxylic acid groups (broad SMARTS) is 4. The van der Waals surface area contributed by atoms with E-state index >= 15 is 0 Å². The lowest BCUT2D eigenvalue weighted by Crippen LogP contribution is -2.58. The van der Waals surface area contributed by atoms with Gasteiger partial charge in [0.1, 0.15) is 0 Å². The molecule has 0 aromatic carbocycles. The third kappa shape index (κ3) is 11.9. The summed E-state index contributed by atoms with van der Waals surface area (Å²) < 4.78 is 0. The number of carbonyl (C=O) groups is 4. The Bertz CT molecular complexity index is 783. The predicted octanol–water partition coefficient (Wildman–Crippen LogP) is -0.996. The lowest BCUT2D eigenvalue weighted by atomic mass is 9.52. The van der Waals surface area contributed by atoms with Gasteiger partial charge in [0.05, 0.1) is 60.6 Å². The molecule has 0 fully saturated rings. The maximum Gasteiger partial charge on any atom is 0.316 e. The van der Waals surface area contributed by atoms with E-state index in [9.17, 15) is 54.9 Å². The Labute approximate surface area is 265 Å². The number of hydrogen-bond donors (Lipinski definition) is 14. The molecular formula is C24H44O14S4. The van der Waals surface area contributed by atoms with Crippen molar-refractivity contribution >= 4 is 74.4 Å². The summed E-state index contributed by atoms with van der Waals surface area (Å²) in [5, 5.41) is 88.5. The Morgan fingerprint density at radius 1 is 0.548 bits per heavy atom. The molecule has 0 saturated carbocycles. The number of hydrogen-bond acceptors (Lipinski definition) is 14. The van der Waals surface area contributed by atoms with Gasteiger partial charge in [-0.05, 0) is 43.4 Å². The van der Waals surface area contributed by atoms with Crippen LogP contribution in [0.3, 0.4) is 0 Å². The van der Waals surface area contributed by atoms with Crippen molar-refractivity contribution in [2.45, 2.75) is 60.0 Å². The summed E-state index contributed by atoms with van der Waals surface area (Å²) >= 11 is 16.0. The highest BCUT2D eigenvalue weighted by Crippen LogP contribution is 2.56. The first-order valence-corrected chi connectivity index (χ1v) is 14.7. The van der Waals surface area contributed by atoms with Gasteiger partial charge in [0.15, 0.2) is 0 Å². The highest BCUT2D eigenvalue weighted by molar-refractivity contribution is 7.82. The van der Waals surface area contributed by atoms with Crippen LogP contribution in [0, 0.1) is 22.2 Å². The van der Waals surface area contributed by atoms with E-state index in [1.165, 1.54) is 0 Å². The van der Waals surface area contributed by atoms with E-state index in [1.807, 2.05) is 6.92 Å². The largest absolute Gasteiger partial charge is 0.480 e. The van der Waals surface area contributed by atoms with Gasteiger partial charge in [-0.2, -0.15) is 50.5 Å². The maximum absolute atomic E-state index is 11.7. The third-order valence-corrected chi connectivity index (χ3v) is 9.44. The summed E-state index contributed by atoms with van der Waals surface area (Å²) in [6, 6.07) is 0. The van der Waals surface area contributed by atoms with E-state index in [1.54, 1.807) is 0 Å². The molecular weight excluding hydrogens is 641 g/mol. The van der Waals surface area contributed by atoms with E-state index in [0.717, 1.165) is 0 Å². The van der Waals surface area contributed by atoms with Crippen LogP contribution >= 0.6 is 50.5 Å². The van der Waals surface area contributed by atoms with E-state index in [4.69, 9.17) is 15.3 Å². The number of carboxylic acids is 4. The number of thiol groups is 4. The maximum atomic E-state index is 11.7. The van der Waals surface area contributed by atoms with Crippen LogP contribution in [-0.4, -0.2) is 136 Å². The molecule has 0 radical (unpaired) electrons. The molecule has 0 bridgehead atoms. The molecule has 0 aliphatic carbocycles. The first kappa shape index (κ1) is 43.2. The summed E-state index contributed by atoms with van der Waals surface area (Å²) in [5.41, 5.74) is -4.50. The molecule has 0 aromatic rings. The van der Waals surface area contributed by atoms with Crippen molar-refractivity contribution in [3.63, 3.8) is 0 Å². The van der Waals surface area contributed by atoms with Gasteiger partial charge in [0.2, 0.25) is 0 Å². The van der Waals surface area contributed by atoms with Gasteiger partial charge in [-0.25, -0.2) is 0 Å². The molecule has 0 heterocycles. The minimum Gasteiger partial charge on any atom is -0.480 e. The van der Waals surface area contributed by atoms with Crippen molar-refractivity contribution < 1.29 is 70.2 Å². The SMILES string of the molecule is CCC(CO)(CO)CO.O=C(O)C(S)CC(CC(S)C(=O)O)C(CC(S)C(=O)O)(CC(S)C(=O)O)C(CO)(CO)CO. The summed E-state index contributed by atoms with van der Waals surface area (Å²) in [6.45, 7) is -1.55. The van der Waals surface area contributed by atoms with E-state index in [2.05, 4.69) is 50.5 Å². The normalized spacial score (nSPS) is 17.0. The molecule has 14 nitrogen and oxygen atoms in total. The van der Waals surface area contributed by atoms with Crippen LogP contribution in [-0.2, 0) is 19.2 Å². The van der Waals surface area contributed by atoms with Crippen molar-refractivity contribution in [3.8, 4) is 0 Å². The minimum atomic E-state index is -1.97. The summed E-state index contributed by atoms with van der Waals surface area (Å²) in [4.78, 5) is 46.4. The Balaban J connectivity index is 0. The van der Waals surface area contributed by atoms with Crippen LogP contribution in [0.1, 0.15) is 39.0 Å². The summed E-state index contributed by atoms with van der Waals surface area (Å²) in [6.07, 6.45) is -1.39. The molecule has 18 heteroatoms. The second kappa shape index (κ2) is 20.1. The van der Waals surface area contributed by atoms with Gasteiger partial charge in [-0.15, -0.1) is 0 Å². The number of aliphatic carboxylic acids is 4. The number of aliphatic hydroxyl groups excluding tert-OH is 6. The molecule has 10 N–H and O–H groups in total. The van der Waals surface area contributed by atoms with E-state index in [0.29, 0.717) is 6.42 Å². The summed E-state index contributed by atoms with van der Waals surface area (Å²) in [5.74, 6) is -6.89. The fraction of sp³-hybridized carbons (Fsp3) is 0.833. The minimum absolute atomic E-state index is 0.156. The Kier molecular flexibility index (Phi) is 20.7. The average molecular weight is 685 g/mol. The third-order valence-electron chi connectivity index (χ3n) is 7.77. The van der Waals surface area contributed by atoms with Gasteiger partial charge >= 0.3 is 23.9 Å². The number of aliphatic hydroxyl groups is 6. The van der Waals surface area contributed by atoms with Crippen LogP contribution in [0.15, 0.2) is 0 Å². The lowest BCUT2D eigenvalue weighted by molar-refractivity contribution is -0.155. The van der Waals surface area contributed by atoms with Crippen LogP contribution < -0.4 is 0 Å². The van der Waals surface area contributed by atoms with Gasteiger partial charge in [-0.1, -0.05) is 6.92 Å². The van der Waals surface area contributed by atoms with Crippen molar-refractivity contribution in [1.82, 2.24) is 0 Å². The topological polar surface area (TPSA) is 271 Å². The average Bonchev–Trinajstić information content (AvgIpc) is 2.95. The van der Waals surface area contributed by atoms with Crippen LogP contribution in [0.2, 0.25) is 0 Å².